The molecule has 106 valence electrons. The summed E-state index contributed by atoms with van der Waals surface area (Å²) in [5, 5.41) is 14.3. The molecule has 1 aromatic heterocycles. The summed E-state index contributed by atoms with van der Waals surface area (Å²) in [4.78, 5) is 46.7. The van der Waals surface area contributed by atoms with Crippen molar-refractivity contribution in [3.05, 3.63) is 15.8 Å². The highest BCUT2D eigenvalue weighted by molar-refractivity contribution is 6.52. The van der Waals surface area contributed by atoms with E-state index in [9.17, 15) is 24.5 Å². The lowest BCUT2D eigenvalue weighted by atomic mass is 10.3. The Balaban J connectivity index is 2.54. The summed E-state index contributed by atoms with van der Waals surface area (Å²) in [6, 6.07) is -1.55. The molecule has 0 bridgehead atoms. The van der Waals surface area contributed by atoms with Crippen molar-refractivity contribution < 1.29 is 23.8 Å². The van der Waals surface area contributed by atoms with Gasteiger partial charge in [-0.2, -0.15) is 4.90 Å². The minimum atomic E-state index is -1.21. The summed E-state index contributed by atoms with van der Waals surface area (Å²) in [7, 11) is 0. The highest BCUT2D eigenvalue weighted by atomic mass is 16.6. The Morgan fingerprint density at radius 3 is 2.30 bits per heavy atom. The molecular formula is C10H10N4O6. The fraction of sp³-hybridized carbons (Fsp3) is 0.400. The number of nitro groups is 1. The molecule has 0 N–H and O–H groups in total. The van der Waals surface area contributed by atoms with Gasteiger partial charge < -0.3 is 4.52 Å². The van der Waals surface area contributed by atoms with Crippen molar-refractivity contribution in [1.29, 1.82) is 0 Å². The number of carbonyl (C=O) groups excluding carboxylic acids is 3. The minimum Gasteiger partial charge on any atom is -0.330 e. The second kappa shape index (κ2) is 4.40. The van der Waals surface area contributed by atoms with Crippen LogP contribution in [0.3, 0.4) is 0 Å². The molecule has 4 amide bonds. The van der Waals surface area contributed by atoms with Gasteiger partial charge in [0.2, 0.25) is 0 Å². The average molecular weight is 282 g/mol. The highest BCUT2D eigenvalue weighted by Gasteiger charge is 2.51. The maximum Gasteiger partial charge on any atom is 0.357 e. The molecule has 0 atom stereocenters. The standard InChI is InChI=1S/C10H10N4O6/c1-4(2)12-7(15)8(16)13(10(12)17)9-6(14(18)19)5(3)11-20-9/h4H,1-3H3. The number of amides is 4. The zero-order valence-corrected chi connectivity index (χ0v) is 10.8. The Morgan fingerprint density at radius 2 is 1.85 bits per heavy atom. The van der Waals surface area contributed by atoms with Crippen LogP contribution in [0, 0.1) is 17.0 Å². The van der Waals surface area contributed by atoms with E-state index < -0.39 is 40.4 Å². The minimum absolute atomic E-state index is 0.0963. The van der Waals surface area contributed by atoms with E-state index >= 15 is 0 Å². The van der Waals surface area contributed by atoms with Gasteiger partial charge in [-0.3, -0.25) is 24.6 Å². The number of urea groups is 1. The number of aryl methyl sites for hydroxylation is 1. The molecule has 10 nitrogen and oxygen atoms in total. The van der Waals surface area contributed by atoms with Crippen LogP contribution < -0.4 is 4.90 Å². The quantitative estimate of drug-likeness (QED) is 0.343. The van der Waals surface area contributed by atoms with Crippen LogP contribution in [0.5, 0.6) is 0 Å². The fourth-order valence-corrected chi connectivity index (χ4v) is 1.82. The molecule has 0 radical (unpaired) electrons. The molecule has 1 aliphatic heterocycles. The van der Waals surface area contributed by atoms with Crippen LogP contribution in [-0.2, 0) is 9.59 Å². The Bertz CT molecular complexity index is 634. The first-order chi connectivity index (χ1) is 9.27. The third kappa shape index (κ3) is 1.73. The Hall–Kier alpha value is -2.78. The van der Waals surface area contributed by atoms with Crippen LogP contribution in [0.25, 0.3) is 0 Å². The fourth-order valence-electron chi connectivity index (χ4n) is 1.82. The number of nitrogens with zero attached hydrogens (tertiary/aromatic N) is 4. The van der Waals surface area contributed by atoms with Crippen LogP contribution in [0.1, 0.15) is 19.5 Å². The van der Waals surface area contributed by atoms with E-state index in [0.29, 0.717) is 9.80 Å². The van der Waals surface area contributed by atoms with Gasteiger partial charge in [-0.15, -0.1) is 0 Å². The molecule has 1 aliphatic rings. The van der Waals surface area contributed by atoms with E-state index in [-0.39, 0.29) is 5.69 Å². The van der Waals surface area contributed by atoms with Crippen LogP contribution in [0.4, 0.5) is 16.4 Å². The van der Waals surface area contributed by atoms with Crippen molar-refractivity contribution in [2.45, 2.75) is 26.8 Å². The van der Waals surface area contributed by atoms with Crippen LogP contribution in [-0.4, -0.2) is 38.9 Å². The number of imide groups is 2. The molecule has 0 spiro atoms. The van der Waals surface area contributed by atoms with Gasteiger partial charge in [-0.25, -0.2) is 4.79 Å². The van der Waals surface area contributed by atoms with Gasteiger partial charge >= 0.3 is 29.4 Å². The molecule has 0 unspecified atom stereocenters. The molecule has 0 aliphatic carbocycles. The Labute approximate surface area is 112 Å². The van der Waals surface area contributed by atoms with Crippen LogP contribution in [0.2, 0.25) is 0 Å². The second-order valence-corrected chi connectivity index (χ2v) is 4.37. The normalized spacial score (nSPS) is 15.7. The number of aromatic nitrogens is 1. The average Bonchev–Trinajstić information content (AvgIpc) is 2.79. The monoisotopic (exact) mass is 282 g/mol. The van der Waals surface area contributed by atoms with Gasteiger partial charge in [0.1, 0.15) is 0 Å². The number of rotatable bonds is 3. The topological polar surface area (TPSA) is 127 Å². The molecule has 10 heteroatoms. The summed E-state index contributed by atoms with van der Waals surface area (Å²) in [5.41, 5.74) is -0.717. The van der Waals surface area contributed by atoms with Crippen molar-refractivity contribution in [3.8, 4) is 0 Å². The van der Waals surface area contributed by atoms with Gasteiger partial charge in [0.15, 0.2) is 5.69 Å². The Kier molecular flexibility index (Phi) is 3.00. The number of carbonyl (C=O) groups is 3. The zero-order chi connectivity index (χ0) is 15.2. The van der Waals surface area contributed by atoms with Gasteiger partial charge in [0.25, 0.3) is 0 Å². The lowest BCUT2D eigenvalue weighted by Crippen LogP contribution is -2.38. The highest BCUT2D eigenvalue weighted by Crippen LogP contribution is 2.34. The number of hydrogen-bond acceptors (Lipinski definition) is 7. The van der Waals surface area contributed by atoms with Crippen molar-refractivity contribution in [2.24, 2.45) is 0 Å². The van der Waals surface area contributed by atoms with Crippen molar-refractivity contribution in [3.63, 3.8) is 0 Å². The molecule has 1 aromatic rings. The molecule has 2 heterocycles. The zero-order valence-electron chi connectivity index (χ0n) is 10.8. The second-order valence-electron chi connectivity index (χ2n) is 4.37. The molecule has 2 rings (SSSR count). The van der Waals surface area contributed by atoms with E-state index in [0.717, 1.165) is 0 Å². The van der Waals surface area contributed by atoms with Gasteiger partial charge in [-0.1, -0.05) is 5.16 Å². The summed E-state index contributed by atoms with van der Waals surface area (Å²) < 4.78 is 4.67. The van der Waals surface area contributed by atoms with E-state index in [2.05, 4.69) is 9.68 Å². The van der Waals surface area contributed by atoms with E-state index in [4.69, 9.17) is 0 Å². The molecule has 20 heavy (non-hydrogen) atoms. The maximum absolute atomic E-state index is 12.1. The molecular weight excluding hydrogens is 272 g/mol. The molecule has 0 saturated carbocycles. The predicted octanol–water partition coefficient (Wildman–Crippen LogP) is 0.595. The Morgan fingerprint density at radius 1 is 1.25 bits per heavy atom. The number of hydrogen-bond donors (Lipinski definition) is 0. The van der Waals surface area contributed by atoms with E-state index in [1.165, 1.54) is 20.8 Å². The van der Waals surface area contributed by atoms with Crippen molar-refractivity contribution >= 4 is 29.4 Å². The van der Waals surface area contributed by atoms with Crippen LogP contribution in [0.15, 0.2) is 4.52 Å². The van der Waals surface area contributed by atoms with Gasteiger partial charge in [0.05, 0.1) is 4.92 Å². The largest absolute Gasteiger partial charge is 0.357 e. The maximum atomic E-state index is 12.1. The summed E-state index contributed by atoms with van der Waals surface area (Å²) in [6.45, 7) is 4.36. The lowest BCUT2D eigenvalue weighted by Gasteiger charge is -2.16. The van der Waals surface area contributed by atoms with Gasteiger partial charge in [0, 0.05) is 6.04 Å². The smallest absolute Gasteiger partial charge is 0.330 e. The number of anilines is 1. The van der Waals surface area contributed by atoms with Crippen LogP contribution >= 0.6 is 0 Å². The van der Waals surface area contributed by atoms with E-state index in [1.807, 2.05) is 0 Å². The van der Waals surface area contributed by atoms with Crippen molar-refractivity contribution in [1.82, 2.24) is 10.1 Å². The molecule has 1 saturated heterocycles. The first-order valence-electron chi connectivity index (χ1n) is 5.59. The third-order valence-corrected chi connectivity index (χ3v) is 2.72. The summed E-state index contributed by atoms with van der Waals surface area (Å²) in [6.07, 6.45) is 0. The lowest BCUT2D eigenvalue weighted by molar-refractivity contribution is -0.384. The third-order valence-electron chi connectivity index (χ3n) is 2.72. The first kappa shape index (κ1) is 13.6. The molecule has 1 fully saturated rings. The van der Waals surface area contributed by atoms with E-state index in [1.54, 1.807) is 0 Å². The first-order valence-corrected chi connectivity index (χ1v) is 5.59. The predicted molar refractivity (Wildman–Crippen MR) is 62.8 cm³/mol. The SMILES string of the molecule is Cc1noc(N2C(=O)C(=O)N(C(C)C)C2=O)c1[N+](=O)[O-]. The van der Waals surface area contributed by atoms with Gasteiger partial charge in [-0.05, 0) is 20.8 Å². The summed E-state index contributed by atoms with van der Waals surface area (Å²) in [5.74, 6) is -2.92. The van der Waals surface area contributed by atoms with Crippen molar-refractivity contribution in [2.75, 3.05) is 4.90 Å². The summed E-state index contributed by atoms with van der Waals surface area (Å²) >= 11 is 0. The molecule has 0 aromatic carbocycles.